The highest BCUT2D eigenvalue weighted by Crippen LogP contribution is 2.43. The minimum absolute atomic E-state index is 0.151. The van der Waals surface area contributed by atoms with Gasteiger partial charge in [-0.05, 0) is 77.0 Å². The molecule has 3 N–H and O–H groups in total. The zero-order valence-electron chi connectivity index (χ0n) is 34.8. The van der Waals surface area contributed by atoms with E-state index in [1.165, 1.54) is 44.9 Å². The lowest BCUT2D eigenvalue weighted by Gasteiger charge is -2.20. The first-order valence-corrected chi connectivity index (χ1v) is 23.2. The Balaban J connectivity index is 2.27. The van der Waals surface area contributed by atoms with E-state index in [1.807, 2.05) is 0 Å². The number of epoxide rings is 1. The zero-order valence-corrected chi connectivity index (χ0v) is 35.7. The maximum Gasteiger partial charge on any atom is 0.472 e. The molecular weight excluding hydrogens is 735 g/mol. The summed E-state index contributed by atoms with van der Waals surface area (Å²) in [4.78, 5) is 35.0. The van der Waals surface area contributed by atoms with Crippen LogP contribution in [0.2, 0.25) is 0 Å². The molecule has 11 nitrogen and oxygen atoms in total. The van der Waals surface area contributed by atoms with Crippen LogP contribution in [0.4, 0.5) is 0 Å². The van der Waals surface area contributed by atoms with Gasteiger partial charge < -0.3 is 29.3 Å². The molecule has 0 aliphatic carbocycles. The lowest BCUT2D eigenvalue weighted by Crippen LogP contribution is -2.29. The van der Waals surface area contributed by atoms with Gasteiger partial charge in [-0.25, -0.2) is 4.57 Å². The third kappa shape index (κ3) is 32.9. The van der Waals surface area contributed by atoms with Gasteiger partial charge in [0, 0.05) is 12.8 Å². The number of aliphatic hydroxyl groups excluding tert-OH is 2. The summed E-state index contributed by atoms with van der Waals surface area (Å²) in [6, 6.07) is 0. The lowest BCUT2D eigenvalue weighted by atomic mass is 10.1. The normalized spacial score (nSPS) is 17.9. The van der Waals surface area contributed by atoms with Crippen molar-refractivity contribution in [3.63, 3.8) is 0 Å². The van der Waals surface area contributed by atoms with Gasteiger partial charge in [-0.3, -0.25) is 18.6 Å². The lowest BCUT2D eigenvalue weighted by molar-refractivity contribution is -0.161. The number of hydrogen-bond acceptors (Lipinski definition) is 10. The van der Waals surface area contributed by atoms with Crippen molar-refractivity contribution >= 4 is 19.8 Å². The summed E-state index contributed by atoms with van der Waals surface area (Å²) >= 11 is 0. The van der Waals surface area contributed by atoms with Gasteiger partial charge >= 0.3 is 19.8 Å². The quantitative estimate of drug-likeness (QED) is 0.0178. The number of carbonyl (C=O) groups is 2. The van der Waals surface area contributed by atoms with Crippen LogP contribution in [0.15, 0.2) is 48.6 Å². The molecule has 1 aliphatic rings. The van der Waals surface area contributed by atoms with Crippen LogP contribution in [0.5, 0.6) is 0 Å². The number of ether oxygens (including phenoxy) is 3. The number of rotatable bonds is 39. The Bertz CT molecular complexity index is 1140. The maximum absolute atomic E-state index is 12.6. The monoisotopic (exact) mass is 813 g/mol. The van der Waals surface area contributed by atoms with Crippen molar-refractivity contribution in [3.8, 4) is 0 Å². The highest BCUT2D eigenvalue weighted by atomic mass is 31.2. The second-order valence-electron chi connectivity index (χ2n) is 14.7. The summed E-state index contributed by atoms with van der Waals surface area (Å²) in [7, 11) is -4.63. The second kappa shape index (κ2) is 36.0. The third-order valence-corrected chi connectivity index (χ3v) is 10.3. The van der Waals surface area contributed by atoms with Crippen molar-refractivity contribution in [2.24, 2.45) is 0 Å². The van der Waals surface area contributed by atoms with E-state index >= 15 is 0 Å². The molecule has 0 aromatic rings. The van der Waals surface area contributed by atoms with Gasteiger partial charge in [0.25, 0.3) is 0 Å². The molecule has 0 radical (unpaired) electrons. The SMILES string of the molecule is CCCCC/C=C\C/C=C\C/C=C\CCCCCCC(=O)O[C@H](COC(=O)CCCCCCC/C=C\CC1OC1CCCCC)COP(=O)(O)OC[C@@H](O)CO. The molecule has 1 rings (SSSR count). The summed E-state index contributed by atoms with van der Waals surface area (Å²) < 4.78 is 38.4. The van der Waals surface area contributed by atoms with Gasteiger partial charge in [0.2, 0.25) is 0 Å². The number of phosphoric ester groups is 1. The number of allylic oxidation sites excluding steroid dienone is 7. The molecule has 1 heterocycles. The van der Waals surface area contributed by atoms with Crippen molar-refractivity contribution in [1.82, 2.24) is 0 Å². The van der Waals surface area contributed by atoms with Crippen LogP contribution in [0.3, 0.4) is 0 Å². The van der Waals surface area contributed by atoms with Gasteiger partial charge in [-0.2, -0.15) is 0 Å². The molecule has 0 aromatic carbocycles. The molecule has 0 spiro atoms. The van der Waals surface area contributed by atoms with Crippen molar-refractivity contribution in [2.75, 3.05) is 26.4 Å². The van der Waals surface area contributed by atoms with Gasteiger partial charge in [-0.15, -0.1) is 0 Å². The minimum Gasteiger partial charge on any atom is -0.462 e. The fraction of sp³-hybridized carbons (Fsp3) is 0.773. The number of aliphatic hydroxyl groups is 2. The Hall–Kier alpha value is -2.11. The second-order valence-corrected chi connectivity index (χ2v) is 16.2. The van der Waals surface area contributed by atoms with Crippen LogP contribution in [-0.2, 0) is 37.4 Å². The Morgan fingerprint density at radius 3 is 1.79 bits per heavy atom. The Labute approximate surface area is 338 Å². The zero-order chi connectivity index (χ0) is 41.0. The predicted molar refractivity (Wildman–Crippen MR) is 223 cm³/mol. The van der Waals surface area contributed by atoms with Crippen LogP contribution < -0.4 is 0 Å². The van der Waals surface area contributed by atoms with Crippen LogP contribution in [0.1, 0.15) is 168 Å². The maximum atomic E-state index is 12.6. The first-order valence-electron chi connectivity index (χ1n) is 21.7. The fourth-order valence-corrected chi connectivity index (χ4v) is 6.68. The molecule has 5 atom stereocenters. The van der Waals surface area contributed by atoms with Crippen molar-refractivity contribution in [2.45, 2.75) is 192 Å². The third-order valence-electron chi connectivity index (χ3n) is 9.38. The average molecular weight is 813 g/mol. The number of unbranched alkanes of at least 4 members (excludes halogenated alkanes) is 14. The predicted octanol–water partition coefficient (Wildman–Crippen LogP) is 10.3. The van der Waals surface area contributed by atoms with Gasteiger partial charge in [0.15, 0.2) is 6.10 Å². The van der Waals surface area contributed by atoms with Gasteiger partial charge in [0.1, 0.15) is 12.7 Å². The summed E-state index contributed by atoms with van der Waals surface area (Å²) in [6.45, 7) is 2.26. The molecule has 1 aliphatic heterocycles. The molecule has 3 unspecified atom stereocenters. The highest BCUT2D eigenvalue weighted by Gasteiger charge is 2.36. The molecule has 0 bridgehead atoms. The molecule has 0 saturated carbocycles. The van der Waals surface area contributed by atoms with E-state index in [0.29, 0.717) is 25.0 Å². The molecule has 12 heteroatoms. The van der Waals surface area contributed by atoms with Crippen molar-refractivity contribution in [3.05, 3.63) is 48.6 Å². The molecule has 0 aromatic heterocycles. The van der Waals surface area contributed by atoms with Crippen molar-refractivity contribution < 1.29 is 52.5 Å². The van der Waals surface area contributed by atoms with E-state index in [2.05, 4.69) is 67.0 Å². The van der Waals surface area contributed by atoms with Gasteiger partial charge in [0.05, 0.1) is 32.0 Å². The van der Waals surface area contributed by atoms with Crippen LogP contribution in [0, 0.1) is 0 Å². The van der Waals surface area contributed by atoms with Gasteiger partial charge in [-0.1, -0.05) is 127 Å². The molecule has 56 heavy (non-hydrogen) atoms. The Morgan fingerprint density at radius 2 is 1.16 bits per heavy atom. The first-order chi connectivity index (χ1) is 27.2. The topological polar surface area (TPSA) is 161 Å². The largest absolute Gasteiger partial charge is 0.472 e. The van der Waals surface area contributed by atoms with E-state index < -0.39 is 51.8 Å². The molecular formula is C44H77O11P. The summed E-state index contributed by atoms with van der Waals surface area (Å²) in [5.74, 6) is -0.974. The number of phosphoric acid groups is 1. The minimum atomic E-state index is -4.63. The molecule has 0 amide bonds. The molecule has 324 valence electrons. The van der Waals surface area contributed by atoms with Crippen molar-refractivity contribution in [1.29, 1.82) is 0 Å². The standard InChI is InChI=1S/C44H77O11P/c1-3-5-7-8-9-10-11-12-13-14-15-16-17-18-23-26-30-34-44(48)54-40(38-53-56(49,50)52-36-39(46)35-45)37-51-43(47)33-29-25-22-20-19-21-24-28-32-42-41(55-42)31-27-6-4-2/h9-10,12-13,15-16,24,28,39-42,45-46H,3-8,11,14,17-23,25-27,29-38H2,1-2H3,(H,49,50)/b10-9-,13-12-,16-15-,28-24-/t39-,40+,41?,42?/m0/s1. The summed E-state index contributed by atoms with van der Waals surface area (Å²) in [5.41, 5.74) is 0. The van der Waals surface area contributed by atoms with E-state index in [-0.39, 0.29) is 19.4 Å². The van der Waals surface area contributed by atoms with Crippen LogP contribution in [0.25, 0.3) is 0 Å². The van der Waals surface area contributed by atoms with E-state index in [4.69, 9.17) is 23.8 Å². The van der Waals surface area contributed by atoms with E-state index in [9.17, 15) is 24.2 Å². The number of hydrogen-bond donors (Lipinski definition) is 3. The van der Waals surface area contributed by atoms with E-state index in [1.54, 1.807) is 0 Å². The number of carbonyl (C=O) groups excluding carboxylic acids is 2. The van der Waals surface area contributed by atoms with Crippen LogP contribution in [-0.4, -0.2) is 77.9 Å². The highest BCUT2D eigenvalue weighted by molar-refractivity contribution is 7.47. The van der Waals surface area contributed by atoms with Crippen LogP contribution >= 0.6 is 7.82 Å². The smallest absolute Gasteiger partial charge is 0.462 e. The fourth-order valence-electron chi connectivity index (χ4n) is 5.89. The Kier molecular flexibility index (Phi) is 33.4. The summed E-state index contributed by atoms with van der Waals surface area (Å²) in [5, 5.41) is 18.3. The number of esters is 2. The molecule has 1 saturated heterocycles. The molecule has 1 fully saturated rings. The Morgan fingerprint density at radius 1 is 0.643 bits per heavy atom. The van der Waals surface area contributed by atoms with E-state index in [0.717, 1.165) is 83.5 Å². The summed E-state index contributed by atoms with van der Waals surface area (Å²) in [6.07, 6.45) is 39.6. The first kappa shape index (κ1) is 51.9. The average Bonchev–Trinajstić information content (AvgIpc) is 3.94.